The summed E-state index contributed by atoms with van der Waals surface area (Å²) < 4.78 is 29.6. The summed E-state index contributed by atoms with van der Waals surface area (Å²) in [7, 11) is 0. The van der Waals surface area contributed by atoms with Gasteiger partial charge in [-0.1, -0.05) is 32.9 Å². The SMILES string of the molecule is CC(C)(C)c1nc(-c2ccnc(N)n2)c(C2C=CC=C(N3CCN(c4ccc(F)cc4)C3=O)C2F)s1. The number of rotatable bonds is 4. The Kier molecular flexibility index (Phi) is 6.07. The number of thiazole rings is 1. The largest absolute Gasteiger partial charge is 0.368 e. The van der Waals surface area contributed by atoms with Gasteiger partial charge in [-0.15, -0.1) is 11.3 Å². The van der Waals surface area contributed by atoms with Crippen molar-refractivity contribution < 1.29 is 13.6 Å². The second kappa shape index (κ2) is 9.09. The number of nitrogens with two attached hydrogens (primary N) is 1. The van der Waals surface area contributed by atoms with Gasteiger partial charge in [0, 0.05) is 35.3 Å². The molecule has 3 aromatic rings. The van der Waals surface area contributed by atoms with Crippen molar-refractivity contribution in [3.63, 3.8) is 0 Å². The maximum absolute atomic E-state index is 16.2. The lowest BCUT2D eigenvalue weighted by molar-refractivity contribution is 0.217. The van der Waals surface area contributed by atoms with Gasteiger partial charge in [0.1, 0.15) is 11.5 Å². The summed E-state index contributed by atoms with van der Waals surface area (Å²) in [6.07, 6.45) is 5.29. The van der Waals surface area contributed by atoms with Crippen LogP contribution >= 0.6 is 11.3 Å². The van der Waals surface area contributed by atoms with Crippen LogP contribution in [0.1, 0.15) is 36.6 Å². The number of hydrogen-bond donors (Lipinski definition) is 1. The molecule has 1 aliphatic carbocycles. The second-order valence-corrected chi connectivity index (χ2v) is 10.8. The van der Waals surface area contributed by atoms with Crippen LogP contribution in [0, 0.1) is 5.82 Å². The molecule has 2 aliphatic rings. The number of alkyl halides is 1. The number of aromatic nitrogens is 3. The fourth-order valence-electron chi connectivity index (χ4n) is 4.31. The van der Waals surface area contributed by atoms with E-state index in [1.54, 1.807) is 42.6 Å². The number of anilines is 2. The standard InChI is InChI=1S/C26H26F2N6OS/c1-26(2,3)23-32-21(18-11-12-30-24(29)31-18)22(36-23)17-5-4-6-19(20(17)28)34-14-13-33(25(34)35)16-9-7-15(27)8-10-16/h4-12,17,20H,13-14H2,1-3H3,(H2,29,30,31). The molecule has 1 fully saturated rings. The molecule has 186 valence electrons. The van der Waals surface area contributed by atoms with Gasteiger partial charge >= 0.3 is 6.03 Å². The van der Waals surface area contributed by atoms with Gasteiger partial charge in [0.15, 0.2) is 6.17 Å². The number of nitrogen functional groups attached to an aromatic ring is 1. The molecule has 3 heterocycles. The molecule has 7 nitrogen and oxygen atoms in total. The summed E-state index contributed by atoms with van der Waals surface area (Å²) in [6.45, 7) is 6.86. The molecular weight excluding hydrogens is 482 g/mol. The average Bonchev–Trinajstić information content (AvgIpc) is 3.44. The van der Waals surface area contributed by atoms with Crippen LogP contribution in [0.3, 0.4) is 0 Å². The third-order valence-electron chi connectivity index (χ3n) is 6.16. The first-order valence-corrected chi connectivity index (χ1v) is 12.4. The lowest BCUT2D eigenvalue weighted by atomic mass is 9.92. The summed E-state index contributed by atoms with van der Waals surface area (Å²) in [4.78, 5) is 30.1. The Hall–Kier alpha value is -3.66. The number of halogens is 2. The molecule has 2 amide bonds. The third kappa shape index (κ3) is 4.37. The van der Waals surface area contributed by atoms with E-state index in [1.807, 2.05) is 0 Å². The highest BCUT2D eigenvalue weighted by Crippen LogP contribution is 2.43. The predicted molar refractivity (Wildman–Crippen MR) is 137 cm³/mol. The van der Waals surface area contributed by atoms with E-state index >= 15 is 4.39 Å². The highest BCUT2D eigenvalue weighted by atomic mass is 32.1. The van der Waals surface area contributed by atoms with Crippen LogP contribution < -0.4 is 10.6 Å². The Bertz CT molecular complexity index is 1360. The molecule has 0 saturated carbocycles. The minimum Gasteiger partial charge on any atom is -0.368 e. The third-order valence-corrected chi connectivity index (χ3v) is 7.74. The van der Waals surface area contributed by atoms with Gasteiger partial charge in [-0.05, 0) is 36.4 Å². The van der Waals surface area contributed by atoms with E-state index in [0.717, 1.165) is 9.88 Å². The van der Waals surface area contributed by atoms with Gasteiger partial charge in [-0.2, -0.15) is 0 Å². The van der Waals surface area contributed by atoms with E-state index in [1.165, 1.54) is 33.3 Å². The van der Waals surface area contributed by atoms with Crippen molar-refractivity contribution >= 4 is 29.0 Å². The average molecular weight is 509 g/mol. The maximum atomic E-state index is 16.2. The minimum atomic E-state index is -1.47. The number of benzene rings is 1. The highest BCUT2D eigenvalue weighted by molar-refractivity contribution is 7.12. The van der Waals surface area contributed by atoms with E-state index in [0.29, 0.717) is 30.2 Å². The fraction of sp³-hybridized carbons (Fsp3) is 0.308. The van der Waals surface area contributed by atoms with Gasteiger partial charge in [0.2, 0.25) is 5.95 Å². The summed E-state index contributed by atoms with van der Waals surface area (Å²) in [5.74, 6) is -0.921. The molecule has 5 rings (SSSR count). The number of carbonyl (C=O) groups is 1. The van der Waals surface area contributed by atoms with Crippen molar-refractivity contribution in [3.05, 3.63) is 76.2 Å². The number of hydrogen-bond acceptors (Lipinski definition) is 6. The van der Waals surface area contributed by atoms with Crippen molar-refractivity contribution in [2.24, 2.45) is 0 Å². The van der Waals surface area contributed by atoms with Crippen molar-refractivity contribution in [2.45, 2.75) is 38.3 Å². The second-order valence-electron chi connectivity index (χ2n) is 9.75. The summed E-state index contributed by atoms with van der Waals surface area (Å²) in [6, 6.07) is 7.08. The lowest BCUT2D eigenvalue weighted by Gasteiger charge is -2.29. The molecule has 0 radical (unpaired) electrons. The zero-order valence-corrected chi connectivity index (χ0v) is 21.0. The zero-order valence-electron chi connectivity index (χ0n) is 20.2. The number of nitrogens with zero attached hydrogens (tertiary/aromatic N) is 5. The summed E-state index contributed by atoms with van der Waals surface area (Å²) >= 11 is 1.44. The molecule has 2 aromatic heterocycles. The van der Waals surface area contributed by atoms with Gasteiger partial charge in [-0.25, -0.2) is 28.5 Å². The zero-order chi connectivity index (χ0) is 25.6. The molecule has 0 bridgehead atoms. The number of urea groups is 1. The number of carbonyl (C=O) groups excluding carboxylic acids is 1. The molecule has 0 spiro atoms. The van der Waals surface area contributed by atoms with Gasteiger partial charge in [-0.3, -0.25) is 9.80 Å². The number of amides is 2. The maximum Gasteiger partial charge on any atom is 0.328 e. The van der Waals surface area contributed by atoms with Crippen molar-refractivity contribution in [3.8, 4) is 11.4 Å². The van der Waals surface area contributed by atoms with Crippen LogP contribution in [0.2, 0.25) is 0 Å². The van der Waals surface area contributed by atoms with Crippen LogP contribution in [-0.2, 0) is 5.41 Å². The first-order valence-electron chi connectivity index (χ1n) is 11.6. The Labute approximate surface area is 212 Å². The Balaban J connectivity index is 1.47. The first kappa shape index (κ1) is 24.1. The van der Waals surface area contributed by atoms with Gasteiger partial charge < -0.3 is 5.73 Å². The van der Waals surface area contributed by atoms with E-state index in [2.05, 4.69) is 30.7 Å². The fourth-order valence-corrected chi connectivity index (χ4v) is 5.54. The van der Waals surface area contributed by atoms with Crippen LogP contribution in [-0.4, -0.2) is 45.1 Å². The topological polar surface area (TPSA) is 88.2 Å². The predicted octanol–water partition coefficient (Wildman–Crippen LogP) is 5.44. The van der Waals surface area contributed by atoms with Crippen LogP contribution in [0.25, 0.3) is 11.4 Å². The quantitative estimate of drug-likeness (QED) is 0.507. The highest BCUT2D eigenvalue weighted by Gasteiger charge is 2.40. The summed E-state index contributed by atoms with van der Waals surface area (Å²) in [5.41, 5.74) is 7.53. The lowest BCUT2D eigenvalue weighted by Crippen LogP contribution is -2.36. The molecular formula is C26H26F2N6OS. The summed E-state index contributed by atoms with van der Waals surface area (Å²) in [5, 5.41) is 0.848. The van der Waals surface area contributed by atoms with Crippen molar-refractivity contribution in [1.29, 1.82) is 0 Å². The van der Waals surface area contributed by atoms with E-state index < -0.39 is 12.1 Å². The smallest absolute Gasteiger partial charge is 0.328 e. The number of allylic oxidation sites excluding steroid dienone is 4. The van der Waals surface area contributed by atoms with E-state index in [-0.39, 0.29) is 28.9 Å². The molecule has 10 heteroatoms. The Morgan fingerprint density at radius 3 is 2.50 bits per heavy atom. The molecule has 2 N–H and O–H groups in total. The van der Waals surface area contributed by atoms with Crippen LogP contribution in [0.15, 0.2) is 60.5 Å². The van der Waals surface area contributed by atoms with Crippen molar-refractivity contribution in [1.82, 2.24) is 19.9 Å². The Morgan fingerprint density at radius 1 is 1.08 bits per heavy atom. The van der Waals surface area contributed by atoms with Gasteiger partial charge in [0.25, 0.3) is 0 Å². The molecule has 1 saturated heterocycles. The van der Waals surface area contributed by atoms with Crippen LogP contribution in [0.5, 0.6) is 0 Å². The molecule has 2 unspecified atom stereocenters. The van der Waals surface area contributed by atoms with Crippen LogP contribution in [0.4, 0.5) is 25.2 Å². The van der Waals surface area contributed by atoms with E-state index in [4.69, 9.17) is 10.7 Å². The molecule has 1 aromatic carbocycles. The first-order chi connectivity index (χ1) is 17.1. The van der Waals surface area contributed by atoms with E-state index in [9.17, 15) is 9.18 Å². The Morgan fingerprint density at radius 2 is 1.81 bits per heavy atom. The molecule has 36 heavy (non-hydrogen) atoms. The normalized spacial score (nSPS) is 20.2. The molecule has 1 aliphatic heterocycles. The monoisotopic (exact) mass is 508 g/mol. The minimum absolute atomic E-state index is 0.115. The molecule has 2 atom stereocenters. The van der Waals surface area contributed by atoms with Gasteiger partial charge in [0.05, 0.1) is 22.3 Å². The van der Waals surface area contributed by atoms with Crippen molar-refractivity contribution in [2.75, 3.05) is 23.7 Å².